The van der Waals surface area contributed by atoms with Gasteiger partial charge in [0, 0.05) is 13.1 Å². The van der Waals surface area contributed by atoms with Gasteiger partial charge in [0.1, 0.15) is 0 Å². The van der Waals surface area contributed by atoms with Gasteiger partial charge in [0.2, 0.25) is 10.0 Å². The zero-order valence-electron chi connectivity index (χ0n) is 9.82. The molecule has 0 aromatic carbocycles. The van der Waals surface area contributed by atoms with Crippen LogP contribution in [-0.2, 0) is 14.8 Å². The first kappa shape index (κ1) is 14.8. The van der Waals surface area contributed by atoms with Crippen LogP contribution in [-0.4, -0.2) is 59.0 Å². The van der Waals surface area contributed by atoms with Crippen LogP contribution in [0.1, 0.15) is 13.8 Å². The molecule has 0 fully saturated rings. The molecule has 0 heterocycles. The fourth-order valence-corrected chi connectivity index (χ4v) is 1.59. The fraction of sp³-hybridized carbons (Fsp3) is 1.00. The zero-order valence-corrected chi connectivity index (χ0v) is 10.6. The highest BCUT2D eigenvalue weighted by atomic mass is 32.2. The van der Waals surface area contributed by atoms with Gasteiger partial charge in [0.25, 0.3) is 0 Å². The molecule has 0 aliphatic carbocycles. The third kappa shape index (κ3) is 10.1. The van der Waals surface area contributed by atoms with E-state index in [4.69, 9.17) is 4.74 Å². The predicted molar refractivity (Wildman–Crippen MR) is 61.5 cm³/mol. The average molecular weight is 238 g/mol. The average Bonchev–Trinajstić information content (AvgIpc) is 2.15. The van der Waals surface area contributed by atoms with Gasteiger partial charge in [-0.3, -0.25) is 0 Å². The smallest absolute Gasteiger partial charge is 0.208 e. The summed E-state index contributed by atoms with van der Waals surface area (Å²) < 4.78 is 29.0. The standard InChI is InChI=1S/C9H22N2O3S/c1-4-11(5-2)7-9-14-8-6-10-15(3,12)13/h10H,4-9H2,1-3H3. The summed E-state index contributed by atoms with van der Waals surface area (Å²) in [6, 6.07) is 0. The molecule has 0 saturated carbocycles. The van der Waals surface area contributed by atoms with Gasteiger partial charge in [-0.25, -0.2) is 13.1 Å². The lowest BCUT2D eigenvalue weighted by Gasteiger charge is -2.17. The molecule has 0 atom stereocenters. The van der Waals surface area contributed by atoms with E-state index in [-0.39, 0.29) is 0 Å². The molecule has 0 aliphatic rings. The van der Waals surface area contributed by atoms with Gasteiger partial charge in [0.05, 0.1) is 19.5 Å². The molecule has 15 heavy (non-hydrogen) atoms. The van der Waals surface area contributed by atoms with E-state index < -0.39 is 10.0 Å². The second-order valence-corrected chi connectivity index (χ2v) is 5.14. The maximum atomic E-state index is 10.7. The fourth-order valence-electron chi connectivity index (χ4n) is 1.13. The Bertz CT molecular complexity index is 238. The molecule has 1 N–H and O–H groups in total. The van der Waals surface area contributed by atoms with Gasteiger partial charge < -0.3 is 9.64 Å². The molecular weight excluding hydrogens is 216 g/mol. The van der Waals surface area contributed by atoms with Crippen LogP contribution in [0, 0.1) is 0 Å². The van der Waals surface area contributed by atoms with Crippen molar-refractivity contribution in [3.63, 3.8) is 0 Å². The topological polar surface area (TPSA) is 58.6 Å². The number of hydrogen-bond acceptors (Lipinski definition) is 4. The third-order valence-electron chi connectivity index (χ3n) is 2.06. The van der Waals surface area contributed by atoms with Crippen LogP contribution in [0.3, 0.4) is 0 Å². The summed E-state index contributed by atoms with van der Waals surface area (Å²) in [6.45, 7) is 8.55. The summed E-state index contributed by atoms with van der Waals surface area (Å²) in [6.07, 6.45) is 1.14. The second-order valence-electron chi connectivity index (χ2n) is 3.31. The highest BCUT2D eigenvalue weighted by Gasteiger charge is 2.00. The minimum atomic E-state index is -3.08. The number of hydrogen-bond donors (Lipinski definition) is 1. The van der Waals surface area contributed by atoms with Crippen molar-refractivity contribution in [3.05, 3.63) is 0 Å². The number of sulfonamides is 1. The molecule has 0 radical (unpaired) electrons. The van der Waals surface area contributed by atoms with Crippen LogP contribution in [0.4, 0.5) is 0 Å². The van der Waals surface area contributed by atoms with Crippen LogP contribution in [0.25, 0.3) is 0 Å². The van der Waals surface area contributed by atoms with E-state index in [1.807, 2.05) is 0 Å². The van der Waals surface area contributed by atoms with Gasteiger partial charge in [0.15, 0.2) is 0 Å². The Hall–Kier alpha value is -0.170. The SMILES string of the molecule is CCN(CC)CCOCCNS(C)(=O)=O. The summed E-state index contributed by atoms with van der Waals surface area (Å²) in [4.78, 5) is 2.25. The van der Waals surface area contributed by atoms with Crippen molar-refractivity contribution in [1.82, 2.24) is 9.62 Å². The number of nitrogens with one attached hydrogen (secondary N) is 1. The maximum absolute atomic E-state index is 10.7. The molecule has 0 amide bonds. The van der Waals surface area contributed by atoms with Crippen molar-refractivity contribution >= 4 is 10.0 Å². The first-order chi connectivity index (χ1) is 6.99. The predicted octanol–water partition coefficient (Wildman–Crippen LogP) is -0.106. The van der Waals surface area contributed by atoms with Crippen LogP contribution in [0.15, 0.2) is 0 Å². The second kappa shape index (κ2) is 8.04. The van der Waals surface area contributed by atoms with Crippen LogP contribution < -0.4 is 4.72 Å². The number of ether oxygens (including phenoxy) is 1. The third-order valence-corrected chi connectivity index (χ3v) is 2.79. The van der Waals surface area contributed by atoms with Crippen molar-refractivity contribution in [2.24, 2.45) is 0 Å². The summed E-state index contributed by atoms with van der Waals surface area (Å²) >= 11 is 0. The zero-order chi connectivity index (χ0) is 11.7. The summed E-state index contributed by atoms with van der Waals surface area (Å²) in [7, 11) is -3.08. The maximum Gasteiger partial charge on any atom is 0.208 e. The molecule has 0 unspecified atom stereocenters. The Morgan fingerprint density at radius 2 is 1.80 bits per heavy atom. The quantitative estimate of drug-likeness (QED) is 0.570. The molecule has 92 valence electrons. The van der Waals surface area contributed by atoms with E-state index in [1.165, 1.54) is 0 Å². The van der Waals surface area contributed by atoms with Gasteiger partial charge >= 0.3 is 0 Å². The molecule has 0 saturated heterocycles. The lowest BCUT2D eigenvalue weighted by atomic mass is 10.5. The molecule has 0 aliphatic heterocycles. The molecule has 0 spiro atoms. The van der Waals surface area contributed by atoms with Gasteiger partial charge in [-0.15, -0.1) is 0 Å². The highest BCUT2D eigenvalue weighted by molar-refractivity contribution is 7.88. The van der Waals surface area contributed by atoms with Crippen molar-refractivity contribution in [2.45, 2.75) is 13.8 Å². The Kier molecular flexibility index (Phi) is 7.95. The number of likely N-dealkylation sites (N-methyl/N-ethyl adjacent to an activating group) is 1. The molecule has 6 heteroatoms. The summed E-state index contributed by atoms with van der Waals surface area (Å²) in [5.41, 5.74) is 0. The van der Waals surface area contributed by atoms with Gasteiger partial charge in [-0.05, 0) is 13.1 Å². The van der Waals surface area contributed by atoms with Crippen molar-refractivity contribution in [2.75, 3.05) is 45.6 Å². The van der Waals surface area contributed by atoms with Gasteiger partial charge in [-0.1, -0.05) is 13.8 Å². The highest BCUT2D eigenvalue weighted by Crippen LogP contribution is 1.86. The van der Waals surface area contributed by atoms with Crippen LogP contribution >= 0.6 is 0 Å². The number of nitrogens with zero attached hydrogens (tertiary/aromatic N) is 1. The Labute approximate surface area is 92.8 Å². The van der Waals surface area contributed by atoms with Crippen molar-refractivity contribution in [1.29, 1.82) is 0 Å². The lowest BCUT2D eigenvalue weighted by molar-refractivity contribution is 0.111. The van der Waals surface area contributed by atoms with Crippen LogP contribution in [0.2, 0.25) is 0 Å². The van der Waals surface area contributed by atoms with Crippen molar-refractivity contribution < 1.29 is 13.2 Å². The van der Waals surface area contributed by atoms with E-state index in [0.29, 0.717) is 19.8 Å². The Morgan fingerprint density at radius 1 is 1.20 bits per heavy atom. The summed E-state index contributed by atoms with van der Waals surface area (Å²) in [5.74, 6) is 0. The molecule has 0 aromatic rings. The van der Waals surface area contributed by atoms with Crippen LogP contribution in [0.5, 0.6) is 0 Å². The summed E-state index contributed by atoms with van der Waals surface area (Å²) in [5, 5.41) is 0. The van der Waals surface area contributed by atoms with E-state index >= 15 is 0 Å². The van der Waals surface area contributed by atoms with Crippen molar-refractivity contribution in [3.8, 4) is 0 Å². The first-order valence-electron chi connectivity index (χ1n) is 5.24. The first-order valence-corrected chi connectivity index (χ1v) is 7.13. The van der Waals surface area contributed by atoms with E-state index in [2.05, 4.69) is 23.5 Å². The molecule has 0 aromatic heterocycles. The Balaban J connectivity index is 3.32. The molecule has 5 nitrogen and oxygen atoms in total. The molecular formula is C9H22N2O3S. The van der Waals surface area contributed by atoms with E-state index in [1.54, 1.807) is 0 Å². The normalized spacial score (nSPS) is 12.3. The Morgan fingerprint density at radius 3 is 2.27 bits per heavy atom. The molecule has 0 bridgehead atoms. The monoisotopic (exact) mass is 238 g/mol. The minimum Gasteiger partial charge on any atom is -0.379 e. The molecule has 0 rings (SSSR count). The number of rotatable bonds is 9. The van der Waals surface area contributed by atoms with E-state index in [9.17, 15) is 8.42 Å². The lowest BCUT2D eigenvalue weighted by Crippen LogP contribution is -2.29. The van der Waals surface area contributed by atoms with E-state index in [0.717, 1.165) is 25.9 Å². The van der Waals surface area contributed by atoms with Gasteiger partial charge in [-0.2, -0.15) is 0 Å². The largest absolute Gasteiger partial charge is 0.379 e. The minimum absolute atomic E-state index is 0.344.